The molecule has 0 amide bonds. The highest BCUT2D eigenvalue weighted by Crippen LogP contribution is 2.39. The maximum atomic E-state index is 6.15. The molecule has 14 heteroatoms. The normalized spacial score (nSPS) is 13.7. The first-order valence-corrected chi connectivity index (χ1v) is 25.8. The summed E-state index contributed by atoms with van der Waals surface area (Å²) >= 11 is 13.1. The topological polar surface area (TPSA) is 122 Å². The largest absolute Gasteiger partial charge is 0.494 e. The standard InChI is InChI=1S/C27H16BrN3O.C18H18BBrO3.C15H10ClN3/c28-22-13-7-12-20-21-16-19(14-15-23(21)32-24(20)22)27-30-25(17-8-3-1-4-9-17)29-26(31-27)18-10-5-2-6-11-18;1-17(2)18(3,4)23-19(22-17)11-8-9-15-13(10-11)12-6-5-7-14(20)16(12)21-15;16-15-18-13(11-7-3-1-4-8-11)17-14(19-15)12-9-5-2-6-10-12/h1-16H;5-10H,1-4H3;1-10H. The summed E-state index contributed by atoms with van der Waals surface area (Å²) in [7, 11) is -0.360. The van der Waals surface area contributed by atoms with Gasteiger partial charge in [-0.2, -0.15) is 9.97 Å². The van der Waals surface area contributed by atoms with Gasteiger partial charge in [0.15, 0.2) is 29.1 Å². The van der Waals surface area contributed by atoms with Crippen LogP contribution in [0, 0.1) is 0 Å². The van der Waals surface area contributed by atoms with Gasteiger partial charge in [0.2, 0.25) is 5.28 Å². The molecule has 12 aromatic rings. The molecule has 0 spiro atoms. The number of hydrogen-bond donors (Lipinski definition) is 0. The van der Waals surface area contributed by atoms with E-state index in [2.05, 4.69) is 98.8 Å². The molecule has 13 rings (SSSR count). The molecule has 0 aliphatic carbocycles. The highest BCUT2D eigenvalue weighted by molar-refractivity contribution is 9.11. The van der Waals surface area contributed by atoms with Gasteiger partial charge in [-0.05, 0) is 113 Å². The molecule has 0 bridgehead atoms. The number of halogens is 3. The molecule has 10 nitrogen and oxygen atoms in total. The van der Waals surface area contributed by atoms with Crippen molar-refractivity contribution in [3.8, 4) is 56.9 Å². The van der Waals surface area contributed by atoms with Crippen LogP contribution in [0.15, 0.2) is 212 Å². The van der Waals surface area contributed by atoms with Gasteiger partial charge in [0.05, 0.1) is 20.1 Å². The van der Waals surface area contributed by atoms with Crippen molar-refractivity contribution in [2.45, 2.75) is 38.9 Å². The van der Waals surface area contributed by atoms with E-state index in [0.717, 1.165) is 86.1 Å². The molecule has 0 radical (unpaired) electrons. The molecule has 0 N–H and O–H groups in total. The Labute approximate surface area is 449 Å². The zero-order valence-corrected chi connectivity index (χ0v) is 44.4. The van der Waals surface area contributed by atoms with Crippen molar-refractivity contribution in [1.82, 2.24) is 29.9 Å². The predicted octanol–water partition coefficient (Wildman–Crippen LogP) is 16.0. The van der Waals surface area contributed by atoms with Gasteiger partial charge in [-0.1, -0.05) is 158 Å². The van der Waals surface area contributed by atoms with Crippen LogP contribution in [-0.2, 0) is 9.31 Å². The number of furan rings is 2. The maximum Gasteiger partial charge on any atom is 0.494 e. The number of aromatic nitrogens is 6. The van der Waals surface area contributed by atoms with Crippen LogP contribution < -0.4 is 5.46 Å². The molecule has 1 saturated heterocycles. The Morgan fingerprint density at radius 1 is 0.378 bits per heavy atom. The van der Waals surface area contributed by atoms with E-state index in [1.807, 2.05) is 170 Å². The minimum absolute atomic E-state index is 0.202. The summed E-state index contributed by atoms with van der Waals surface area (Å²) in [5, 5.41) is 4.45. The van der Waals surface area contributed by atoms with Crippen molar-refractivity contribution >= 4 is 99.9 Å². The Morgan fingerprint density at radius 2 is 0.743 bits per heavy atom. The maximum absolute atomic E-state index is 6.15. The van der Waals surface area contributed by atoms with Gasteiger partial charge >= 0.3 is 7.12 Å². The smallest absolute Gasteiger partial charge is 0.455 e. The average molecular weight is 1120 g/mol. The van der Waals surface area contributed by atoms with Crippen LogP contribution in [0.25, 0.3) is 101 Å². The Hall–Kier alpha value is -7.39. The Balaban J connectivity index is 0.000000124. The van der Waals surface area contributed by atoms with E-state index in [9.17, 15) is 0 Å². The minimum atomic E-state index is -0.360. The summed E-state index contributed by atoms with van der Waals surface area (Å²) in [6.07, 6.45) is 0. The Bertz CT molecular complexity index is 3850. The van der Waals surface area contributed by atoms with Gasteiger partial charge in [-0.25, -0.2) is 19.9 Å². The van der Waals surface area contributed by atoms with Crippen molar-refractivity contribution in [3.63, 3.8) is 0 Å². The van der Waals surface area contributed by atoms with Crippen LogP contribution in [0.4, 0.5) is 0 Å². The number of fused-ring (bicyclic) bond motifs is 6. The Kier molecular flexibility index (Phi) is 13.5. The van der Waals surface area contributed by atoms with E-state index in [-0.39, 0.29) is 23.6 Å². The molecule has 5 heterocycles. The molecule has 1 fully saturated rings. The van der Waals surface area contributed by atoms with Crippen molar-refractivity contribution in [1.29, 1.82) is 0 Å². The third kappa shape index (κ3) is 10.0. The third-order valence-electron chi connectivity index (χ3n) is 13.1. The highest BCUT2D eigenvalue weighted by atomic mass is 79.9. The second-order valence-corrected chi connectivity index (χ2v) is 20.6. The van der Waals surface area contributed by atoms with Crippen LogP contribution in [0.3, 0.4) is 0 Å². The lowest BCUT2D eigenvalue weighted by atomic mass is 9.78. The monoisotopic (exact) mass is 1120 g/mol. The van der Waals surface area contributed by atoms with E-state index < -0.39 is 0 Å². The van der Waals surface area contributed by atoms with Crippen LogP contribution in [0.1, 0.15) is 27.7 Å². The van der Waals surface area contributed by atoms with Crippen LogP contribution in [0.2, 0.25) is 5.28 Å². The first-order chi connectivity index (χ1) is 35.9. The highest BCUT2D eigenvalue weighted by Gasteiger charge is 2.51. The molecular weight excluding hydrogens is 1070 g/mol. The van der Waals surface area contributed by atoms with E-state index in [4.69, 9.17) is 44.7 Å². The molecule has 4 aromatic heterocycles. The second kappa shape index (κ2) is 20.5. The second-order valence-electron chi connectivity index (χ2n) is 18.5. The molecule has 0 unspecified atom stereocenters. The molecule has 1 aliphatic heterocycles. The zero-order valence-electron chi connectivity index (χ0n) is 40.5. The number of nitrogens with zero attached hydrogens (tertiary/aromatic N) is 6. The van der Waals surface area contributed by atoms with E-state index >= 15 is 0 Å². The average Bonchev–Trinajstić information content (AvgIpc) is 4.08. The molecule has 1 aliphatic rings. The van der Waals surface area contributed by atoms with Gasteiger partial charge in [0.25, 0.3) is 0 Å². The quantitative estimate of drug-likeness (QED) is 0.149. The van der Waals surface area contributed by atoms with Crippen LogP contribution >= 0.6 is 43.5 Å². The van der Waals surface area contributed by atoms with Crippen molar-refractivity contribution < 1.29 is 18.1 Å². The molecule has 362 valence electrons. The van der Waals surface area contributed by atoms with Crippen molar-refractivity contribution in [3.05, 3.63) is 208 Å². The van der Waals surface area contributed by atoms with Crippen LogP contribution in [-0.4, -0.2) is 48.2 Å². The van der Waals surface area contributed by atoms with E-state index in [0.29, 0.717) is 29.1 Å². The van der Waals surface area contributed by atoms with E-state index in [1.165, 1.54) is 0 Å². The first kappa shape index (κ1) is 48.9. The summed E-state index contributed by atoms with van der Waals surface area (Å²) in [5.41, 5.74) is 8.40. The van der Waals surface area contributed by atoms with E-state index in [1.54, 1.807) is 0 Å². The fourth-order valence-electron chi connectivity index (χ4n) is 8.53. The van der Waals surface area contributed by atoms with Crippen molar-refractivity contribution in [2.75, 3.05) is 0 Å². The van der Waals surface area contributed by atoms with Crippen LogP contribution in [0.5, 0.6) is 0 Å². The lowest BCUT2D eigenvalue weighted by Gasteiger charge is -2.32. The first-order valence-electron chi connectivity index (χ1n) is 23.8. The van der Waals surface area contributed by atoms with Gasteiger partial charge in [-0.15, -0.1) is 0 Å². The Morgan fingerprint density at radius 3 is 1.16 bits per heavy atom. The van der Waals surface area contributed by atoms with Gasteiger partial charge in [0, 0.05) is 49.4 Å². The predicted molar refractivity (Wildman–Crippen MR) is 304 cm³/mol. The van der Waals surface area contributed by atoms with Gasteiger partial charge in [-0.3, -0.25) is 0 Å². The number of rotatable bonds is 6. The summed E-state index contributed by atoms with van der Waals surface area (Å²) in [6.45, 7) is 8.26. The van der Waals surface area contributed by atoms with Gasteiger partial charge < -0.3 is 18.1 Å². The molecule has 74 heavy (non-hydrogen) atoms. The molecule has 8 aromatic carbocycles. The third-order valence-corrected chi connectivity index (χ3v) is 14.5. The molecular formula is C60H44BBr2ClN6O4. The summed E-state index contributed by atoms with van der Waals surface area (Å²) in [5.74, 6) is 3.09. The van der Waals surface area contributed by atoms with Gasteiger partial charge in [0.1, 0.15) is 22.3 Å². The number of hydrogen-bond acceptors (Lipinski definition) is 10. The van der Waals surface area contributed by atoms with Crippen molar-refractivity contribution in [2.24, 2.45) is 0 Å². The minimum Gasteiger partial charge on any atom is -0.455 e. The number of benzene rings is 8. The number of para-hydroxylation sites is 2. The zero-order chi connectivity index (χ0) is 51.0. The summed E-state index contributed by atoms with van der Waals surface area (Å²) in [6, 6.07) is 63.7. The fraction of sp³-hybridized carbons (Fsp3) is 0.100. The fourth-order valence-corrected chi connectivity index (χ4v) is 9.59. The summed E-state index contributed by atoms with van der Waals surface area (Å²) < 4.78 is 26.2. The lowest BCUT2D eigenvalue weighted by molar-refractivity contribution is 0.00578. The molecule has 0 atom stereocenters. The lowest BCUT2D eigenvalue weighted by Crippen LogP contribution is -2.41. The SMILES string of the molecule is Brc1cccc2c1oc1ccc(-c3nc(-c4ccccc4)nc(-c4ccccc4)n3)cc12.CC1(C)OB(c2ccc3oc4c(Br)cccc4c3c2)OC1(C)C.Clc1nc(-c2ccccc2)nc(-c2ccccc2)n1. The molecule has 0 saturated carbocycles. The summed E-state index contributed by atoms with van der Waals surface area (Å²) in [4.78, 5) is 27.2.